The van der Waals surface area contributed by atoms with Crippen LogP contribution in [0.5, 0.6) is 0 Å². The minimum atomic E-state index is -0.106. The molecule has 268 valence electrons. The Labute approximate surface area is 328 Å². The van der Waals surface area contributed by atoms with Crippen molar-refractivity contribution in [2.24, 2.45) is 0 Å². The topological polar surface area (TPSA) is 16.4 Å². The number of hydrogen-bond donors (Lipinski definition) is 0. The molecule has 2 nitrogen and oxygen atoms in total. The summed E-state index contributed by atoms with van der Waals surface area (Å²) in [5.74, 6) is 0. The quantitative estimate of drug-likeness (QED) is 0.176. The van der Waals surface area contributed by atoms with Gasteiger partial charge in [-0.05, 0) is 104 Å². The maximum absolute atomic E-state index is 6.44. The van der Waals surface area contributed by atoms with Crippen LogP contribution >= 0.6 is 0 Å². The second kappa shape index (κ2) is 11.9. The van der Waals surface area contributed by atoms with Crippen LogP contribution in [0.25, 0.3) is 66.4 Å². The smallest absolute Gasteiger partial charge is 0.143 e. The molecule has 0 saturated carbocycles. The van der Waals surface area contributed by atoms with Gasteiger partial charge in [0.1, 0.15) is 11.2 Å². The van der Waals surface area contributed by atoms with Gasteiger partial charge >= 0.3 is 0 Å². The Bertz CT molecular complexity index is 3010. The average Bonchev–Trinajstić information content (AvgIpc) is 3.81. The van der Waals surface area contributed by atoms with Gasteiger partial charge in [-0.2, -0.15) is 0 Å². The van der Waals surface area contributed by atoms with Gasteiger partial charge in [-0.1, -0.05) is 161 Å². The fraction of sp³-hybridized carbons (Fsp3) is 0.111. The molecule has 9 aromatic rings. The van der Waals surface area contributed by atoms with E-state index in [0.29, 0.717) is 0 Å². The van der Waals surface area contributed by atoms with E-state index in [9.17, 15) is 0 Å². The van der Waals surface area contributed by atoms with E-state index in [2.05, 4.69) is 196 Å². The molecule has 0 radical (unpaired) electrons. The molecule has 0 atom stereocenters. The summed E-state index contributed by atoms with van der Waals surface area (Å²) >= 11 is 0. The van der Waals surface area contributed by atoms with Gasteiger partial charge in [-0.15, -0.1) is 0 Å². The highest BCUT2D eigenvalue weighted by molar-refractivity contribution is 6.09. The van der Waals surface area contributed by atoms with Gasteiger partial charge in [0, 0.05) is 44.2 Å². The van der Waals surface area contributed by atoms with Crippen molar-refractivity contribution in [3.8, 4) is 44.5 Å². The first-order valence-corrected chi connectivity index (χ1v) is 19.7. The van der Waals surface area contributed by atoms with Crippen LogP contribution in [-0.2, 0) is 10.8 Å². The lowest BCUT2D eigenvalue weighted by atomic mass is 9.79. The van der Waals surface area contributed by atoms with Crippen LogP contribution in [0.1, 0.15) is 49.9 Å². The Hall–Kier alpha value is -6.64. The molecule has 56 heavy (non-hydrogen) atoms. The van der Waals surface area contributed by atoms with Crippen LogP contribution in [-0.4, -0.2) is 0 Å². The highest BCUT2D eigenvalue weighted by atomic mass is 16.3. The Morgan fingerprint density at radius 3 is 1.61 bits per heavy atom. The van der Waals surface area contributed by atoms with Crippen molar-refractivity contribution in [3.05, 3.63) is 198 Å². The standard InChI is InChI=1S/C54H41NO/c1-53(2)47-20-8-5-13-41(47)43-32-31-38(33-49(43)53)55(37-29-25-35(26-30-37)40-17-12-19-46-44-15-7-10-22-50(44)56-52(40)46)36-27-23-34(24-28-36)39-16-11-18-45-42-14-6-9-21-48(42)54(3,4)51(39)45/h5-33H,1-4H3. The Morgan fingerprint density at radius 2 is 0.875 bits per heavy atom. The summed E-state index contributed by atoms with van der Waals surface area (Å²) in [6.45, 7) is 9.44. The van der Waals surface area contributed by atoms with Crippen molar-refractivity contribution < 1.29 is 4.42 Å². The highest BCUT2D eigenvalue weighted by Gasteiger charge is 2.38. The zero-order chi connectivity index (χ0) is 37.8. The van der Waals surface area contributed by atoms with Gasteiger partial charge in [-0.25, -0.2) is 0 Å². The third-order valence-corrected chi connectivity index (χ3v) is 12.7. The van der Waals surface area contributed by atoms with Gasteiger partial charge in [0.25, 0.3) is 0 Å². The van der Waals surface area contributed by atoms with E-state index >= 15 is 0 Å². The van der Waals surface area contributed by atoms with Crippen molar-refractivity contribution >= 4 is 39.0 Å². The number of rotatable bonds is 5. The first kappa shape index (κ1) is 32.8. The van der Waals surface area contributed by atoms with E-state index in [4.69, 9.17) is 4.42 Å². The summed E-state index contributed by atoms with van der Waals surface area (Å²) < 4.78 is 6.44. The van der Waals surface area contributed by atoms with E-state index < -0.39 is 0 Å². The summed E-state index contributed by atoms with van der Waals surface area (Å²) in [6.07, 6.45) is 0. The predicted molar refractivity (Wildman–Crippen MR) is 234 cm³/mol. The van der Waals surface area contributed by atoms with Crippen molar-refractivity contribution in [1.29, 1.82) is 0 Å². The van der Waals surface area contributed by atoms with Crippen LogP contribution in [0.4, 0.5) is 17.1 Å². The number of furan rings is 1. The number of anilines is 3. The number of nitrogens with zero attached hydrogens (tertiary/aromatic N) is 1. The zero-order valence-corrected chi connectivity index (χ0v) is 32.1. The SMILES string of the molecule is CC1(C)c2ccccc2-c2ccc(N(c3ccc(-c4cccc5c4C(C)(C)c4ccccc4-5)cc3)c3ccc(-c4cccc5c4oc4ccccc45)cc3)cc21. The molecule has 0 unspecified atom stereocenters. The Morgan fingerprint density at radius 1 is 0.375 bits per heavy atom. The lowest BCUT2D eigenvalue weighted by Crippen LogP contribution is -2.16. The number of fused-ring (bicyclic) bond motifs is 9. The van der Waals surface area contributed by atoms with Crippen LogP contribution in [0, 0.1) is 0 Å². The van der Waals surface area contributed by atoms with Gasteiger partial charge in [0.15, 0.2) is 0 Å². The van der Waals surface area contributed by atoms with Crippen LogP contribution in [0.3, 0.4) is 0 Å². The summed E-state index contributed by atoms with van der Waals surface area (Å²) in [5.41, 5.74) is 20.6. The second-order valence-electron chi connectivity index (χ2n) is 16.5. The van der Waals surface area contributed by atoms with E-state index in [1.807, 2.05) is 12.1 Å². The monoisotopic (exact) mass is 719 g/mol. The third-order valence-electron chi connectivity index (χ3n) is 12.7. The maximum Gasteiger partial charge on any atom is 0.143 e. The van der Waals surface area contributed by atoms with Crippen LogP contribution in [0.2, 0.25) is 0 Å². The molecule has 1 heterocycles. The second-order valence-corrected chi connectivity index (χ2v) is 16.5. The summed E-state index contributed by atoms with van der Waals surface area (Å²) in [6, 6.07) is 64.5. The van der Waals surface area contributed by atoms with E-state index in [1.165, 1.54) is 55.6 Å². The molecule has 0 aliphatic heterocycles. The molecule has 2 aliphatic carbocycles. The van der Waals surface area contributed by atoms with E-state index in [-0.39, 0.29) is 10.8 Å². The molecule has 2 heteroatoms. The highest BCUT2D eigenvalue weighted by Crippen LogP contribution is 2.53. The average molecular weight is 720 g/mol. The molecular formula is C54H41NO. The van der Waals surface area contributed by atoms with Crippen molar-refractivity contribution in [2.45, 2.75) is 38.5 Å². The molecule has 0 fully saturated rings. The first-order valence-electron chi connectivity index (χ1n) is 19.7. The van der Waals surface area contributed by atoms with Crippen molar-refractivity contribution in [2.75, 3.05) is 4.90 Å². The summed E-state index contributed by atoms with van der Waals surface area (Å²) in [4.78, 5) is 2.41. The largest absolute Gasteiger partial charge is 0.455 e. The minimum absolute atomic E-state index is 0.0868. The molecule has 0 bridgehead atoms. The minimum Gasteiger partial charge on any atom is -0.455 e. The fourth-order valence-electron chi connectivity index (χ4n) is 9.92. The molecule has 1 aromatic heterocycles. The van der Waals surface area contributed by atoms with Gasteiger partial charge in [0.05, 0.1) is 0 Å². The molecule has 8 aromatic carbocycles. The molecule has 0 saturated heterocycles. The van der Waals surface area contributed by atoms with E-state index in [1.54, 1.807) is 0 Å². The van der Waals surface area contributed by atoms with E-state index in [0.717, 1.165) is 50.1 Å². The fourth-order valence-corrected chi connectivity index (χ4v) is 9.92. The molecule has 0 spiro atoms. The first-order chi connectivity index (χ1) is 27.3. The van der Waals surface area contributed by atoms with Crippen molar-refractivity contribution in [1.82, 2.24) is 0 Å². The molecule has 2 aliphatic rings. The molecule has 11 rings (SSSR count). The van der Waals surface area contributed by atoms with Crippen molar-refractivity contribution in [3.63, 3.8) is 0 Å². The number of benzene rings is 8. The summed E-state index contributed by atoms with van der Waals surface area (Å²) in [7, 11) is 0. The lowest BCUT2D eigenvalue weighted by molar-refractivity contribution is 0.660. The predicted octanol–water partition coefficient (Wildman–Crippen LogP) is 15.0. The number of hydrogen-bond acceptors (Lipinski definition) is 2. The third kappa shape index (κ3) is 4.69. The van der Waals surface area contributed by atoms with Gasteiger partial charge in [-0.3, -0.25) is 0 Å². The molecule has 0 N–H and O–H groups in total. The molecular weight excluding hydrogens is 679 g/mol. The normalized spacial score (nSPS) is 14.4. The summed E-state index contributed by atoms with van der Waals surface area (Å²) in [5, 5.41) is 2.29. The van der Waals surface area contributed by atoms with Gasteiger partial charge in [0.2, 0.25) is 0 Å². The Kier molecular flexibility index (Phi) is 6.98. The maximum atomic E-state index is 6.44. The molecule has 0 amide bonds. The van der Waals surface area contributed by atoms with Crippen LogP contribution < -0.4 is 4.90 Å². The van der Waals surface area contributed by atoms with Gasteiger partial charge < -0.3 is 9.32 Å². The lowest BCUT2D eigenvalue weighted by Gasteiger charge is -2.29. The Balaban J connectivity index is 1.03. The zero-order valence-electron chi connectivity index (χ0n) is 32.1. The number of para-hydroxylation sites is 2. The van der Waals surface area contributed by atoms with Crippen LogP contribution in [0.15, 0.2) is 180 Å².